The van der Waals surface area contributed by atoms with Gasteiger partial charge in [-0.1, -0.05) is 29.4 Å². The van der Waals surface area contributed by atoms with E-state index >= 15 is 0 Å². The monoisotopic (exact) mass is 853 g/mol. The van der Waals surface area contributed by atoms with Crippen molar-refractivity contribution in [2.75, 3.05) is 98.2 Å². The van der Waals surface area contributed by atoms with Gasteiger partial charge in [-0.3, -0.25) is 43.6 Å². The zero-order valence-electron chi connectivity index (χ0n) is 27.0. The van der Waals surface area contributed by atoms with Gasteiger partial charge in [0.2, 0.25) is 0 Å². The molecule has 1 aromatic carbocycles. The average molecular weight is 853 g/mol. The van der Waals surface area contributed by atoms with Crippen molar-refractivity contribution < 1.29 is 99.0 Å². The van der Waals surface area contributed by atoms with E-state index in [4.69, 9.17) is 10.3 Å². The van der Waals surface area contributed by atoms with E-state index < -0.39 is 55.3 Å². The van der Waals surface area contributed by atoms with Crippen molar-refractivity contribution in [1.82, 2.24) is 29.8 Å². The molecule has 0 aromatic heterocycles. The van der Waals surface area contributed by atoms with Crippen molar-refractivity contribution in [3.05, 3.63) is 40.3 Å². The third kappa shape index (κ3) is 18.3. The molecule has 1 aromatic rings. The van der Waals surface area contributed by atoms with Crippen LogP contribution in [-0.2, 0) is 28.7 Å². The Morgan fingerprint density at radius 2 is 1.12 bits per heavy atom. The summed E-state index contributed by atoms with van der Waals surface area (Å²) in [6, 6.07) is 5.54. The van der Waals surface area contributed by atoms with Gasteiger partial charge in [0.15, 0.2) is 6.23 Å². The fourth-order valence-corrected chi connectivity index (χ4v) is 4.99. The number of carboxylic acid groups (broad SMARTS) is 5. The third-order valence-electron chi connectivity index (χ3n) is 7.27. The SMILES string of the molecule is [Gd+3].[N-]=[N+]=Nc1ccc(C(OC(=O)NCCN2CCN(CC(=O)O)CCN(CC(=O)O)CCN(CC(=O)O)CC2)N(CC(=O)O)CC(=O)O)cc1. The Balaban J connectivity index is 0.0000125. The summed E-state index contributed by atoms with van der Waals surface area (Å²) in [7, 11) is 0. The molecule has 1 atom stereocenters. The van der Waals surface area contributed by atoms with Crippen molar-refractivity contribution in [1.29, 1.82) is 0 Å². The molecular formula is C28H41GdN9O12+3. The summed E-state index contributed by atoms with van der Waals surface area (Å²) in [4.78, 5) is 80.7. The summed E-state index contributed by atoms with van der Waals surface area (Å²) in [5.74, 6) is -5.95. The predicted molar refractivity (Wildman–Crippen MR) is 168 cm³/mol. The number of carbonyl (C=O) groups is 6. The molecule has 1 amide bonds. The molecule has 0 aliphatic carbocycles. The number of rotatable bonds is 17. The van der Waals surface area contributed by atoms with Crippen LogP contribution in [-0.4, -0.2) is 184 Å². The number of nitrogens with one attached hydrogen (secondary N) is 1. The largest absolute Gasteiger partial charge is 3.00 e. The van der Waals surface area contributed by atoms with E-state index in [9.17, 15) is 54.3 Å². The number of nitrogens with zero attached hydrogens (tertiary/aromatic N) is 8. The van der Waals surface area contributed by atoms with Crippen LogP contribution >= 0.6 is 0 Å². The number of carbonyl (C=O) groups excluding carboxylic acids is 1. The molecule has 0 saturated carbocycles. The van der Waals surface area contributed by atoms with Gasteiger partial charge in [-0.05, 0) is 5.53 Å². The third-order valence-corrected chi connectivity index (χ3v) is 7.27. The van der Waals surface area contributed by atoms with Crippen LogP contribution in [0.5, 0.6) is 0 Å². The van der Waals surface area contributed by atoms with Crippen LogP contribution in [0, 0.1) is 39.9 Å². The van der Waals surface area contributed by atoms with Crippen molar-refractivity contribution in [2.24, 2.45) is 5.11 Å². The van der Waals surface area contributed by atoms with Crippen LogP contribution in [0.1, 0.15) is 11.8 Å². The van der Waals surface area contributed by atoms with Gasteiger partial charge in [-0.15, -0.1) is 0 Å². The average Bonchev–Trinajstić information content (AvgIpc) is 3.00. The number of azide groups is 1. The molecule has 6 N–H and O–H groups in total. The van der Waals surface area contributed by atoms with Crippen molar-refractivity contribution in [3.63, 3.8) is 0 Å². The van der Waals surface area contributed by atoms with Crippen LogP contribution < -0.4 is 5.32 Å². The molecule has 2 rings (SSSR count). The molecule has 22 heteroatoms. The van der Waals surface area contributed by atoms with E-state index in [-0.39, 0.29) is 123 Å². The number of hydrogen-bond donors (Lipinski definition) is 6. The molecule has 0 spiro atoms. The Morgan fingerprint density at radius 3 is 1.48 bits per heavy atom. The van der Waals surface area contributed by atoms with Gasteiger partial charge in [0.1, 0.15) is 13.1 Å². The van der Waals surface area contributed by atoms with E-state index in [1.54, 1.807) is 14.7 Å². The Hall–Kier alpha value is -3.73. The summed E-state index contributed by atoms with van der Waals surface area (Å²) in [5, 5.41) is 52.9. The molecule has 1 unspecified atom stereocenters. The molecule has 1 heterocycles. The van der Waals surface area contributed by atoms with Crippen molar-refractivity contribution in [2.45, 2.75) is 6.23 Å². The van der Waals surface area contributed by atoms with Crippen LogP contribution in [0.15, 0.2) is 29.4 Å². The van der Waals surface area contributed by atoms with Gasteiger partial charge in [0, 0.05) is 81.6 Å². The van der Waals surface area contributed by atoms with Crippen LogP contribution in [0.4, 0.5) is 10.5 Å². The molecule has 50 heavy (non-hydrogen) atoms. The summed E-state index contributed by atoms with van der Waals surface area (Å²) in [6.45, 7) is -0.124. The second-order valence-electron chi connectivity index (χ2n) is 11.0. The number of aliphatic carboxylic acids is 5. The van der Waals surface area contributed by atoms with Gasteiger partial charge >= 0.3 is 75.9 Å². The summed E-state index contributed by atoms with van der Waals surface area (Å²) >= 11 is 0. The Labute approximate surface area is 318 Å². The first-order valence-corrected chi connectivity index (χ1v) is 15.1. The second-order valence-corrected chi connectivity index (χ2v) is 11.0. The van der Waals surface area contributed by atoms with Crippen LogP contribution in [0.2, 0.25) is 0 Å². The van der Waals surface area contributed by atoms with Gasteiger partial charge in [0.05, 0.1) is 19.6 Å². The molecule has 1 aliphatic rings. The Bertz CT molecular complexity index is 1300. The normalized spacial score (nSPS) is 16.0. The van der Waals surface area contributed by atoms with Crippen molar-refractivity contribution in [3.8, 4) is 0 Å². The first kappa shape index (κ1) is 44.3. The predicted octanol–water partition coefficient (Wildman–Crippen LogP) is -0.700. The molecule has 1 aliphatic heterocycles. The van der Waals surface area contributed by atoms with E-state index in [1.807, 2.05) is 4.90 Å². The number of ether oxygens (including phenoxy) is 1. The first-order valence-electron chi connectivity index (χ1n) is 15.1. The summed E-state index contributed by atoms with van der Waals surface area (Å²) < 4.78 is 5.49. The smallest absolute Gasteiger partial charge is 0.480 e. The molecule has 0 bridgehead atoms. The minimum absolute atomic E-state index is 0. The van der Waals surface area contributed by atoms with E-state index in [1.165, 1.54) is 24.3 Å². The van der Waals surface area contributed by atoms with E-state index in [0.29, 0.717) is 13.1 Å². The van der Waals surface area contributed by atoms with Crippen LogP contribution in [0.3, 0.4) is 0 Å². The standard InChI is InChI=1S/C28H41N9O12.Gd/c29-32-31-21-3-1-20(2-4-21)27(37(18-25(44)45)19-26(46)47)49-28(48)30-5-6-33-7-9-34(15-22(38)39)11-13-36(17-24(42)43)14-12-35(10-8-33)16-23(40)41;/h1-4,27H,5-19H2,(H,30,48)(H,38,39)(H,40,41)(H,42,43)(H,44,45)(H,46,47);/q;+3. The molecule has 1 saturated heterocycles. The minimum Gasteiger partial charge on any atom is -0.480 e. The first-order chi connectivity index (χ1) is 23.2. The Kier molecular flexibility index (Phi) is 20.9. The van der Waals surface area contributed by atoms with E-state index in [2.05, 4.69) is 15.3 Å². The molecular weight excluding hydrogens is 812 g/mol. The fraction of sp³-hybridized carbons (Fsp3) is 0.571. The fourth-order valence-electron chi connectivity index (χ4n) is 4.99. The van der Waals surface area contributed by atoms with Gasteiger partial charge < -0.3 is 35.6 Å². The number of carboxylic acids is 5. The number of hydrogen-bond acceptors (Lipinski definition) is 13. The number of amides is 1. The molecule has 21 nitrogen and oxygen atoms in total. The quantitative estimate of drug-likeness (QED) is 0.0489. The van der Waals surface area contributed by atoms with Gasteiger partial charge in [0.25, 0.3) is 0 Å². The molecule has 1 radical (unpaired) electrons. The Morgan fingerprint density at radius 1 is 0.720 bits per heavy atom. The van der Waals surface area contributed by atoms with E-state index in [0.717, 1.165) is 4.90 Å². The summed E-state index contributed by atoms with van der Waals surface area (Å²) in [6.07, 6.45) is -2.46. The zero-order valence-corrected chi connectivity index (χ0v) is 29.3. The molecule has 1 fully saturated rings. The minimum atomic E-state index is -1.45. The second kappa shape index (κ2) is 23.6. The van der Waals surface area contributed by atoms with Crippen molar-refractivity contribution >= 4 is 41.6 Å². The molecule has 275 valence electrons. The maximum atomic E-state index is 12.9. The van der Waals surface area contributed by atoms with Gasteiger partial charge in [-0.25, -0.2) is 9.69 Å². The zero-order chi connectivity index (χ0) is 36.3. The number of benzene rings is 1. The maximum Gasteiger partial charge on any atom is 3.00 e. The maximum absolute atomic E-state index is 12.9. The summed E-state index contributed by atoms with van der Waals surface area (Å²) in [5.41, 5.74) is 9.08. The van der Waals surface area contributed by atoms with Gasteiger partial charge in [-0.2, -0.15) is 0 Å². The topological polar surface area (TPSA) is 290 Å². The number of alkyl carbamates (subject to hydrolysis) is 1. The van der Waals surface area contributed by atoms with Crippen LogP contribution in [0.25, 0.3) is 10.4 Å².